The van der Waals surface area contributed by atoms with Crippen LogP contribution in [0, 0.1) is 17.3 Å². The summed E-state index contributed by atoms with van der Waals surface area (Å²) >= 11 is 0. The van der Waals surface area contributed by atoms with E-state index in [-0.39, 0.29) is 17.9 Å². The highest BCUT2D eigenvalue weighted by Crippen LogP contribution is 2.32. The van der Waals surface area contributed by atoms with Gasteiger partial charge in [-0.05, 0) is 49.5 Å². The van der Waals surface area contributed by atoms with Gasteiger partial charge in [-0.15, -0.1) is 0 Å². The van der Waals surface area contributed by atoms with Crippen molar-refractivity contribution in [3.63, 3.8) is 0 Å². The molecule has 118 valence electrons. The molecule has 0 aliphatic carbocycles. The Balaban J connectivity index is 2.38. The SMILES string of the molecule is CC(C)(C)C(CCN)CCC(=O)N1CCC(CO)CC1. The Morgan fingerprint density at radius 1 is 1.30 bits per heavy atom. The van der Waals surface area contributed by atoms with Crippen molar-refractivity contribution < 1.29 is 9.90 Å². The van der Waals surface area contributed by atoms with Gasteiger partial charge in [0.2, 0.25) is 5.91 Å². The molecule has 1 aliphatic heterocycles. The standard InChI is InChI=1S/C16H32N2O2/c1-16(2,3)14(6-9-17)4-5-15(20)18-10-7-13(12-19)8-11-18/h13-14,19H,4-12,17H2,1-3H3. The number of rotatable bonds is 6. The quantitative estimate of drug-likeness (QED) is 0.784. The molecular formula is C16H32N2O2. The van der Waals surface area contributed by atoms with Crippen LogP contribution in [0.4, 0.5) is 0 Å². The van der Waals surface area contributed by atoms with Crippen LogP contribution in [0.2, 0.25) is 0 Å². The van der Waals surface area contributed by atoms with Gasteiger partial charge in [-0.1, -0.05) is 20.8 Å². The van der Waals surface area contributed by atoms with Gasteiger partial charge in [-0.25, -0.2) is 0 Å². The molecule has 4 nitrogen and oxygen atoms in total. The lowest BCUT2D eigenvalue weighted by Gasteiger charge is -2.33. The molecule has 3 N–H and O–H groups in total. The summed E-state index contributed by atoms with van der Waals surface area (Å²) in [7, 11) is 0. The molecule has 1 saturated heterocycles. The second-order valence-electron chi connectivity index (χ2n) is 7.19. The van der Waals surface area contributed by atoms with Crippen LogP contribution in [-0.4, -0.2) is 42.2 Å². The molecule has 1 unspecified atom stereocenters. The van der Waals surface area contributed by atoms with Crippen LogP contribution >= 0.6 is 0 Å². The second-order valence-corrected chi connectivity index (χ2v) is 7.19. The lowest BCUT2D eigenvalue weighted by molar-refractivity contribution is -0.133. The molecule has 20 heavy (non-hydrogen) atoms. The van der Waals surface area contributed by atoms with Gasteiger partial charge in [-0.2, -0.15) is 0 Å². The maximum atomic E-state index is 12.3. The molecule has 1 rings (SSSR count). The lowest BCUT2D eigenvalue weighted by Crippen LogP contribution is -2.39. The number of hydrogen-bond donors (Lipinski definition) is 2. The second kappa shape index (κ2) is 7.99. The minimum absolute atomic E-state index is 0.212. The first-order valence-corrected chi connectivity index (χ1v) is 7.97. The van der Waals surface area contributed by atoms with E-state index < -0.39 is 0 Å². The fraction of sp³-hybridized carbons (Fsp3) is 0.938. The third-order valence-corrected chi connectivity index (χ3v) is 4.67. The first-order valence-electron chi connectivity index (χ1n) is 7.97. The normalized spacial score (nSPS) is 19.1. The van der Waals surface area contributed by atoms with Gasteiger partial charge < -0.3 is 15.7 Å². The van der Waals surface area contributed by atoms with E-state index in [1.807, 2.05) is 4.90 Å². The Morgan fingerprint density at radius 3 is 2.35 bits per heavy atom. The molecule has 0 saturated carbocycles. The van der Waals surface area contributed by atoms with Crippen molar-refractivity contribution in [1.82, 2.24) is 4.90 Å². The number of piperidine rings is 1. The Morgan fingerprint density at radius 2 is 1.90 bits per heavy atom. The number of nitrogens with zero attached hydrogens (tertiary/aromatic N) is 1. The monoisotopic (exact) mass is 284 g/mol. The van der Waals surface area contributed by atoms with E-state index in [1.165, 1.54) is 0 Å². The topological polar surface area (TPSA) is 66.6 Å². The maximum Gasteiger partial charge on any atom is 0.222 e. The molecule has 0 aromatic heterocycles. The summed E-state index contributed by atoms with van der Waals surface area (Å²) in [5, 5.41) is 9.13. The highest BCUT2D eigenvalue weighted by Gasteiger charge is 2.26. The Kier molecular flexibility index (Phi) is 6.96. The van der Waals surface area contributed by atoms with Crippen molar-refractivity contribution >= 4 is 5.91 Å². The first kappa shape index (κ1) is 17.4. The highest BCUT2D eigenvalue weighted by molar-refractivity contribution is 5.76. The van der Waals surface area contributed by atoms with Crippen LogP contribution in [0.5, 0.6) is 0 Å². The van der Waals surface area contributed by atoms with E-state index >= 15 is 0 Å². The molecular weight excluding hydrogens is 252 g/mol. The number of nitrogens with two attached hydrogens (primary N) is 1. The van der Waals surface area contributed by atoms with E-state index in [4.69, 9.17) is 10.8 Å². The van der Waals surface area contributed by atoms with Crippen LogP contribution in [0.1, 0.15) is 52.9 Å². The largest absolute Gasteiger partial charge is 0.396 e. The third kappa shape index (κ3) is 5.41. The first-order chi connectivity index (χ1) is 9.38. The van der Waals surface area contributed by atoms with Crippen LogP contribution in [0.3, 0.4) is 0 Å². The molecule has 4 heteroatoms. The average Bonchev–Trinajstić information content (AvgIpc) is 2.42. The molecule has 1 fully saturated rings. The van der Waals surface area contributed by atoms with E-state index in [2.05, 4.69) is 20.8 Å². The maximum absolute atomic E-state index is 12.3. The number of aliphatic hydroxyl groups is 1. The summed E-state index contributed by atoms with van der Waals surface area (Å²) in [6.07, 6.45) is 4.43. The molecule has 0 spiro atoms. The van der Waals surface area contributed by atoms with E-state index in [1.54, 1.807) is 0 Å². The van der Waals surface area contributed by atoms with Crippen molar-refractivity contribution in [2.24, 2.45) is 23.0 Å². The summed E-state index contributed by atoms with van der Waals surface area (Å²) in [6, 6.07) is 0. The van der Waals surface area contributed by atoms with Crippen molar-refractivity contribution in [3.05, 3.63) is 0 Å². The van der Waals surface area contributed by atoms with Crippen LogP contribution in [0.15, 0.2) is 0 Å². The van der Waals surface area contributed by atoms with Gasteiger partial charge in [-0.3, -0.25) is 4.79 Å². The predicted molar refractivity (Wildman–Crippen MR) is 82.2 cm³/mol. The van der Waals surface area contributed by atoms with Crippen LogP contribution in [-0.2, 0) is 4.79 Å². The van der Waals surface area contributed by atoms with Crippen molar-refractivity contribution in [2.45, 2.75) is 52.9 Å². The zero-order valence-corrected chi connectivity index (χ0v) is 13.4. The summed E-state index contributed by atoms with van der Waals surface area (Å²) in [5.41, 5.74) is 5.90. The van der Waals surface area contributed by atoms with Crippen LogP contribution in [0.25, 0.3) is 0 Å². The van der Waals surface area contributed by atoms with E-state index in [9.17, 15) is 4.79 Å². The van der Waals surface area contributed by atoms with E-state index in [0.717, 1.165) is 38.8 Å². The van der Waals surface area contributed by atoms with Crippen LogP contribution < -0.4 is 5.73 Å². The molecule has 1 aliphatic rings. The van der Waals surface area contributed by atoms with Crippen molar-refractivity contribution in [1.29, 1.82) is 0 Å². The zero-order valence-electron chi connectivity index (χ0n) is 13.4. The molecule has 0 aromatic rings. The summed E-state index contributed by atoms with van der Waals surface area (Å²) in [6.45, 7) is 9.24. The fourth-order valence-electron chi connectivity index (χ4n) is 3.03. The smallest absolute Gasteiger partial charge is 0.222 e. The number of carbonyl (C=O) groups excluding carboxylic acids is 1. The van der Waals surface area contributed by atoms with E-state index in [0.29, 0.717) is 24.8 Å². The number of aliphatic hydroxyl groups excluding tert-OH is 1. The molecule has 0 radical (unpaired) electrons. The summed E-state index contributed by atoms with van der Waals surface area (Å²) < 4.78 is 0. The van der Waals surface area contributed by atoms with Gasteiger partial charge >= 0.3 is 0 Å². The molecule has 1 amide bonds. The van der Waals surface area contributed by atoms with Gasteiger partial charge in [0.15, 0.2) is 0 Å². The Hall–Kier alpha value is -0.610. The summed E-state index contributed by atoms with van der Waals surface area (Å²) in [5.74, 6) is 1.16. The number of hydrogen-bond acceptors (Lipinski definition) is 3. The fourth-order valence-corrected chi connectivity index (χ4v) is 3.03. The minimum Gasteiger partial charge on any atom is -0.396 e. The minimum atomic E-state index is 0.212. The summed E-state index contributed by atoms with van der Waals surface area (Å²) in [4.78, 5) is 14.2. The zero-order chi connectivity index (χ0) is 15.2. The highest BCUT2D eigenvalue weighted by atomic mass is 16.3. The average molecular weight is 284 g/mol. The third-order valence-electron chi connectivity index (χ3n) is 4.67. The molecule has 1 heterocycles. The Labute approximate surface area is 123 Å². The predicted octanol–water partition coefficient (Wildman–Crippen LogP) is 2.01. The van der Waals surface area contributed by atoms with Gasteiger partial charge in [0.25, 0.3) is 0 Å². The number of carbonyl (C=O) groups is 1. The van der Waals surface area contributed by atoms with Gasteiger partial charge in [0.1, 0.15) is 0 Å². The molecule has 0 bridgehead atoms. The van der Waals surface area contributed by atoms with Gasteiger partial charge in [0.05, 0.1) is 0 Å². The molecule has 1 atom stereocenters. The van der Waals surface area contributed by atoms with Gasteiger partial charge in [0, 0.05) is 26.1 Å². The Bertz CT molecular complexity index is 291. The molecule has 0 aromatic carbocycles. The number of amides is 1. The van der Waals surface area contributed by atoms with Crippen molar-refractivity contribution in [2.75, 3.05) is 26.2 Å². The lowest BCUT2D eigenvalue weighted by atomic mass is 9.76. The number of likely N-dealkylation sites (tertiary alicyclic amines) is 1. The van der Waals surface area contributed by atoms with Crippen molar-refractivity contribution in [3.8, 4) is 0 Å².